The highest BCUT2D eigenvalue weighted by Crippen LogP contribution is 2.42. The molecule has 2 unspecified atom stereocenters. The van der Waals surface area contributed by atoms with E-state index in [9.17, 15) is 4.79 Å². The van der Waals surface area contributed by atoms with Crippen LogP contribution in [0.1, 0.15) is 47.0 Å². The van der Waals surface area contributed by atoms with Crippen molar-refractivity contribution in [2.45, 2.75) is 70.2 Å². The van der Waals surface area contributed by atoms with Crippen molar-refractivity contribution in [3.05, 3.63) is 0 Å². The Labute approximate surface area is 110 Å². The van der Waals surface area contributed by atoms with E-state index in [-0.39, 0.29) is 23.2 Å². The number of hydrogen-bond donors (Lipinski definition) is 0. The molecule has 2 aliphatic heterocycles. The Morgan fingerprint density at radius 1 is 1.33 bits per heavy atom. The fourth-order valence-corrected chi connectivity index (χ4v) is 3.60. The van der Waals surface area contributed by atoms with Gasteiger partial charge in [0.15, 0.2) is 0 Å². The average Bonchev–Trinajstić information content (AvgIpc) is 2.78. The van der Waals surface area contributed by atoms with Crippen LogP contribution in [0.2, 0.25) is 0 Å². The fourth-order valence-electron chi connectivity index (χ4n) is 3.60. The summed E-state index contributed by atoms with van der Waals surface area (Å²) in [5.41, 5.74) is -0.322. The van der Waals surface area contributed by atoms with Crippen LogP contribution in [0, 0.1) is 0 Å². The molecule has 2 heterocycles. The molecule has 2 atom stereocenters. The summed E-state index contributed by atoms with van der Waals surface area (Å²) in [5, 5.41) is 0. The molecule has 0 aliphatic carbocycles. The fraction of sp³-hybridized carbons (Fsp3) is 0.929. The number of methoxy groups -OCH3 is 1. The van der Waals surface area contributed by atoms with Crippen LogP contribution in [0.5, 0.6) is 0 Å². The van der Waals surface area contributed by atoms with Gasteiger partial charge in [-0.3, -0.25) is 9.69 Å². The molecule has 0 aromatic heterocycles. The van der Waals surface area contributed by atoms with E-state index in [0.29, 0.717) is 6.04 Å². The van der Waals surface area contributed by atoms with E-state index in [1.807, 2.05) is 0 Å². The molecule has 2 fully saturated rings. The van der Waals surface area contributed by atoms with Crippen LogP contribution in [0.25, 0.3) is 0 Å². The van der Waals surface area contributed by atoms with Crippen LogP contribution in [0.15, 0.2) is 0 Å². The second-order valence-corrected chi connectivity index (χ2v) is 6.60. The predicted molar refractivity (Wildman–Crippen MR) is 69.4 cm³/mol. The van der Waals surface area contributed by atoms with Gasteiger partial charge >= 0.3 is 5.97 Å². The van der Waals surface area contributed by atoms with Gasteiger partial charge in [0, 0.05) is 6.04 Å². The number of hydrogen-bond acceptors (Lipinski definition) is 4. The zero-order chi connectivity index (χ0) is 13.6. The highest BCUT2D eigenvalue weighted by Gasteiger charge is 2.51. The molecule has 4 heteroatoms. The largest absolute Gasteiger partial charge is 0.468 e. The molecule has 0 spiro atoms. The Morgan fingerprint density at radius 3 is 2.50 bits per heavy atom. The third-order valence-electron chi connectivity index (χ3n) is 4.19. The summed E-state index contributed by atoms with van der Waals surface area (Å²) in [6, 6.07) is 0.205. The van der Waals surface area contributed by atoms with E-state index in [4.69, 9.17) is 9.47 Å². The van der Waals surface area contributed by atoms with Gasteiger partial charge in [-0.25, -0.2) is 0 Å². The minimum atomic E-state index is -0.208. The summed E-state index contributed by atoms with van der Waals surface area (Å²) in [4.78, 5) is 14.1. The Kier molecular flexibility index (Phi) is 3.45. The van der Waals surface area contributed by atoms with Gasteiger partial charge in [-0.05, 0) is 53.5 Å². The molecule has 104 valence electrons. The molecule has 0 radical (unpaired) electrons. The first-order valence-corrected chi connectivity index (χ1v) is 6.80. The van der Waals surface area contributed by atoms with E-state index >= 15 is 0 Å². The lowest BCUT2D eigenvalue weighted by Gasteiger charge is -2.36. The van der Waals surface area contributed by atoms with E-state index in [2.05, 4.69) is 32.6 Å². The highest BCUT2D eigenvalue weighted by atomic mass is 16.5. The first-order valence-electron chi connectivity index (χ1n) is 6.80. The van der Waals surface area contributed by atoms with Crippen molar-refractivity contribution in [1.82, 2.24) is 4.90 Å². The molecule has 2 saturated heterocycles. The zero-order valence-corrected chi connectivity index (χ0v) is 12.2. The van der Waals surface area contributed by atoms with Crippen LogP contribution >= 0.6 is 0 Å². The van der Waals surface area contributed by atoms with Gasteiger partial charge < -0.3 is 9.47 Å². The van der Waals surface area contributed by atoms with E-state index < -0.39 is 0 Å². The summed E-state index contributed by atoms with van der Waals surface area (Å²) in [7, 11) is 1.47. The molecule has 2 rings (SSSR count). The van der Waals surface area contributed by atoms with E-state index in [1.165, 1.54) is 7.11 Å². The van der Waals surface area contributed by atoms with Gasteiger partial charge in [-0.15, -0.1) is 0 Å². The number of ether oxygens (including phenoxy) is 2. The third-order valence-corrected chi connectivity index (χ3v) is 4.19. The van der Waals surface area contributed by atoms with Gasteiger partial charge in [0.05, 0.1) is 18.3 Å². The molecule has 0 N–H and O–H groups in total. The van der Waals surface area contributed by atoms with Gasteiger partial charge in [0.2, 0.25) is 0 Å². The molecule has 2 aliphatic rings. The zero-order valence-electron chi connectivity index (χ0n) is 12.2. The summed E-state index contributed by atoms with van der Waals surface area (Å²) in [6.07, 6.45) is 2.93. The van der Waals surface area contributed by atoms with Crippen LogP contribution in [-0.2, 0) is 14.3 Å². The topological polar surface area (TPSA) is 38.8 Å². The minimum Gasteiger partial charge on any atom is -0.468 e. The number of carbonyl (C=O) groups is 1. The van der Waals surface area contributed by atoms with Crippen LogP contribution < -0.4 is 0 Å². The van der Waals surface area contributed by atoms with Gasteiger partial charge in [0.1, 0.15) is 6.04 Å². The molecule has 0 saturated carbocycles. The maximum atomic E-state index is 11.8. The Bertz CT molecular complexity index is 338. The third kappa shape index (κ3) is 2.41. The van der Waals surface area contributed by atoms with Crippen LogP contribution in [0.3, 0.4) is 0 Å². The predicted octanol–water partition coefficient (Wildman–Crippen LogP) is 1.97. The van der Waals surface area contributed by atoms with Crippen molar-refractivity contribution < 1.29 is 14.3 Å². The van der Waals surface area contributed by atoms with E-state index in [1.54, 1.807) is 0 Å². The minimum absolute atomic E-state index is 0.0863. The van der Waals surface area contributed by atoms with Gasteiger partial charge in [0.25, 0.3) is 0 Å². The number of esters is 1. The van der Waals surface area contributed by atoms with Crippen molar-refractivity contribution in [1.29, 1.82) is 0 Å². The molecular weight excluding hydrogens is 230 g/mol. The maximum absolute atomic E-state index is 11.8. The number of carbonyl (C=O) groups excluding carboxylic acids is 1. The van der Waals surface area contributed by atoms with Crippen molar-refractivity contribution in [3.8, 4) is 0 Å². The van der Waals surface area contributed by atoms with Crippen molar-refractivity contribution in [2.75, 3.05) is 13.7 Å². The normalized spacial score (nSPS) is 34.7. The molecular formula is C14H25NO3. The maximum Gasteiger partial charge on any atom is 0.323 e. The quantitative estimate of drug-likeness (QED) is 0.707. The summed E-state index contributed by atoms with van der Waals surface area (Å²) in [5.74, 6) is -0.104. The molecule has 0 amide bonds. The second-order valence-electron chi connectivity index (χ2n) is 6.60. The SMILES string of the molecule is COC(=O)C1CCCN1C1CC(C)(C)OC1(C)C. The smallest absolute Gasteiger partial charge is 0.323 e. The van der Waals surface area contributed by atoms with Gasteiger partial charge in [-0.2, -0.15) is 0 Å². The number of likely N-dealkylation sites (tertiary alicyclic amines) is 1. The average molecular weight is 255 g/mol. The Morgan fingerprint density at radius 2 is 2.00 bits per heavy atom. The molecule has 18 heavy (non-hydrogen) atoms. The number of nitrogens with zero attached hydrogens (tertiary/aromatic N) is 1. The number of rotatable bonds is 2. The van der Waals surface area contributed by atoms with Crippen LogP contribution in [0.4, 0.5) is 0 Å². The molecule has 4 nitrogen and oxygen atoms in total. The van der Waals surface area contributed by atoms with Crippen LogP contribution in [-0.4, -0.2) is 47.8 Å². The standard InChI is InChI=1S/C14H25NO3/c1-13(2)9-11(14(3,4)18-13)15-8-6-7-10(15)12(16)17-5/h10-11H,6-9H2,1-5H3. The first kappa shape index (κ1) is 13.8. The lowest BCUT2D eigenvalue weighted by atomic mass is 9.92. The van der Waals surface area contributed by atoms with Crippen molar-refractivity contribution in [2.24, 2.45) is 0 Å². The lowest BCUT2D eigenvalue weighted by Crippen LogP contribution is -2.51. The van der Waals surface area contributed by atoms with Crippen molar-refractivity contribution >= 4 is 5.97 Å². The summed E-state index contributed by atoms with van der Waals surface area (Å²) < 4.78 is 11.1. The molecule has 0 bridgehead atoms. The second kappa shape index (κ2) is 4.49. The molecule has 0 aromatic carbocycles. The summed E-state index contributed by atoms with van der Waals surface area (Å²) >= 11 is 0. The first-order chi connectivity index (χ1) is 8.27. The highest BCUT2D eigenvalue weighted by molar-refractivity contribution is 5.76. The monoisotopic (exact) mass is 255 g/mol. The van der Waals surface area contributed by atoms with Crippen molar-refractivity contribution in [3.63, 3.8) is 0 Å². The summed E-state index contributed by atoms with van der Waals surface area (Å²) in [6.45, 7) is 9.46. The Balaban J connectivity index is 2.18. The molecule has 0 aromatic rings. The lowest BCUT2D eigenvalue weighted by molar-refractivity contribution is -0.148. The van der Waals surface area contributed by atoms with Gasteiger partial charge in [-0.1, -0.05) is 0 Å². The Hall–Kier alpha value is -0.610. The van der Waals surface area contributed by atoms with E-state index in [0.717, 1.165) is 25.8 Å².